The lowest BCUT2D eigenvalue weighted by Gasteiger charge is -2.35. The third-order valence-corrected chi connectivity index (χ3v) is 11.8. The van der Waals surface area contributed by atoms with Crippen LogP contribution in [0.3, 0.4) is 0 Å². The van der Waals surface area contributed by atoms with Gasteiger partial charge in [-0.1, -0.05) is 140 Å². The van der Waals surface area contributed by atoms with Crippen LogP contribution in [0.1, 0.15) is 34.6 Å². The molecule has 52 heavy (non-hydrogen) atoms. The van der Waals surface area contributed by atoms with Gasteiger partial charge in [0.1, 0.15) is 17.7 Å². The minimum absolute atomic E-state index is 0.0196. The maximum atomic E-state index is 6.53. The Bertz CT molecular complexity index is 2980. The van der Waals surface area contributed by atoms with Gasteiger partial charge in [0.2, 0.25) is 0 Å². The fourth-order valence-electron chi connectivity index (χ4n) is 9.61. The van der Waals surface area contributed by atoms with Crippen molar-refractivity contribution in [2.24, 2.45) is 0 Å². The summed E-state index contributed by atoms with van der Waals surface area (Å²) in [5.74, 6) is 2.41. The topological polar surface area (TPSA) is 27.1 Å². The standard InChI is InChI=1S/C49H32N2O/c1-2-12-30-28-46-41(25-29(30)11-1)40-27-32(22-24-45(40)52-46)48-36-16-6-4-14-34(36)47(35-15-5-7-17-37(35)48)31-21-23-43-39(26-31)33-13-3-8-18-38(33)49-50-42-19-9-10-20-44(42)51(43)49/h1-28,39,41,43,46H. The number of aromatic nitrogens is 2. The van der Waals surface area contributed by atoms with Gasteiger partial charge in [0, 0.05) is 23.0 Å². The quantitative estimate of drug-likeness (QED) is 0.172. The molecule has 3 heterocycles. The summed E-state index contributed by atoms with van der Waals surface area (Å²) in [5, 5.41) is 7.59. The number of allylic oxidation sites excluding steroid dienone is 4. The Balaban J connectivity index is 1.05. The molecule has 1 aromatic heterocycles. The van der Waals surface area contributed by atoms with Crippen LogP contribution in [0, 0.1) is 0 Å². The van der Waals surface area contributed by atoms with Gasteiger partial charge in [-0.15, -0.1) is 0 Å². The number of nitrogens with zero attached hydrogens (tertiary/aromatic N) is 2. The fourth-order valence-corrected chi connectivity index (χ4v) is 9.61. The molecule has 0 N–H and O–H groups in total. The van der Waals surface area contributed by atoms with E-state index in [2.05, 4.69) is 174 Å². The molecule has 8 aromatic rings. The summed E-state index contributed by atoms with van der Waals surface area (Å²) >= 11 is 0. The second-order valence-corrected chi connectivity index (χ2v) is 14.5. The van der Waals surface area contributed by atoms with E-state index < -0.39 is 0 Å². The molecule has 12 rings (SSSR count). The van der Waals surface area contributed by atoms with Crippen molar-refractivity contribution in [1.29, 1.82) is 0 Å². The van der Waals surface area contributed by atoms with E-state index in [1.807, 2.05) is 0 Å². The summed E-state index contributed by atoms with van der Waals surface area (Å²) in [6.07, 6.45) is 12.0. The normalized spacial score (nSPS) is 20.4. The Morgan fingerprint density at radius 2 is 1.23 bits per heavy atom. The Labute approximate surface area is 300 Å². The number of benzene rings is 7. The van der Waals surface area contributed by atoms with E-state index in [-0.39, 0.29) is 24.0 Å². The first kappa shape index (κ1) is 28.3. The van der Waals surface area contributed by atoms with Crippen molar-refractivity contribution >= 4 is 50.3 Å². The van der Waals surface area contributed by atoms with E-state index >= 15 is 0 Å². The molecule has 0 spiro atoms. The van der Waals surface area contributed by atoms with Crippen molar-refractivity contribution in [2.75, 3.05) is 0 Å². The van der Waals surface area contributed by atoms with Crippen molar-refractivity contribution in [3.05, 3.63) is 185 Å². The molecular weight excluding hydrogens is 633 g/mol. The zero-order valence-corrected chi connectivity index (χ0v) is 28.3. The molecule has 0 saturated carbocycles. The number of para-hydroxylation sites is 2. The number of hydrogen-bond donors (Lipinski definition) is 0. The van der Waals surface area contributed by atoms with Gasteiger partial charge in [-0.3, -0.25) is 0 Å². The second-order valence-electron chi connectivity index (χ2n) is 14.5. The molecule has 0 bridgehead atoms. The highest BCUT2D eigenvalue weighted by Crippen LogP contribution is 2.51. The average molecular weight is 665 g/mol. The van der Waals surface area contributed by atoms with Crippen LogP contribution < -0.4 is 15.2 Å². The van der Waals surface area contributed by atoms with Gasteiger partial charge >= 0.3 is 0 Å². The van der Waals surface area contributed by atoms with Crippen molar-refractivity contribution in [3.63, 3.8) is 0 Å². The Morgan fingerprint density at radius 1 is 0.558 bits per heavy atom. The van der Waals surface area contributed by atoms with Crippen LogP contribution in [-0.4, -0.2) is 15.7 Å². The highest BCUT2D eigenvalue weighted by molar-refractivity contribution is 6.19. The molecule has 0 radical (unpaired) electrons. The highest BCUT2D eigenvalue weighted by atomic mass is 16.5. The predicted molar refractivity (Wildman–Crippen MR) is 213 cm³/mol. The molecule has 244 valence electrons. The van der Waals surface area contributed by atoms with Crippen molar-refractivity contribution in [1.82, 2.24) is 9.55 Å². The molecule has 0 saturated heterocycles. The zero-order valence-electron chi connectivity index (χ0n) is 28.3. The summed E-state index contributed by atoms with van der Waals surface area (Å²) in [6.45, 7) is 0. The van der Waals surface area contributed by atoms with Crippen LogP contribution in [0.5, 0.6) is 5.75 Å². The van der Waals surface area contributed by atoms with Gasteiger partial charge in [-0.05, 0) is 90.2 Å². The molecule has 3 heteroatoms. The zero-order chi connectivity index (χ0) is 33.9. The van der Waals surface area contributed by atoms with Crippen LogP contribution in [0.15, 0.2) is 158 Å². The lowest BCUT2D eigenvalue weighted by atomic mass is 9.77. The third kappa shape index (κ3) is 3.88. The number of fused-ring (bicyclic) bond motifs is 14. The Kier molecular flexibility index (Phi) is 5.73. The van der Waals surface area contributed by atoms with Gasteiger partial charge in [0.05, 0.1) is 17.1 Å². The van der Waals surface area contributed by atoms with Crippen molar-refractivity contribution < 1.29 is 4.74 Å². The maximum absolute atomic E-state index is 6.53. The third-order valence-electron chi connectivity index (χ3n) is 11.8. The first-order chi connectivity index (χ1) is 25.8. The molecular formula is C49H32N2O. The predicted octanol–water partition coefficient (Wildman–Crippen LogP) is 10.1. The van der Waals surface area contributed by atoms with Crippen LogP contribution >= 0.6 is 0 Å². The first-order valence-corrected chi connectivity index (χ1v) is 18.3. The van der Waals surface area contributed by atoms with Crippen LogP contribution in [0.25, 0.3) is 72.8 Å². The summed E-state index contributed by atoms with van der Waals surface area (Å²) in [6, 6.07) is 51.0. The molecule has 4 aliphatic rings. The molecule has 4 atom stereocenters. The van der Waals surface area contributed by atoms with Gasteiger partial charge in [-0.25, -0.2) is 4.98 Å². The largest absolute Gasteiger partial charge is 0.485 e. The van der Waals surface area contributed by atoms with E-state index in [4.69, 9.17) is 9.72 Å². The van der Waals surface area contributed by atoms with Gasteiger partial charge in [0.25, 0.3) is 0 Å². The number of imidazole rings is 1. The van der Waals surface area contributed by atoms with Crippen molar-refractivity contribution in [2.45, 2.75) is 24.0 Å². The molecule has 2 aliphatic carbocycles. The highest BCUT2D eigenvalue weighted by Gasteiger charge is 2.36. The van der Waals surface area contributed by atoms with E-state index in [1.54, 1.807) is 0 Å². The molecule has 0 amide bonds. The van der Waals surface area contributed by atoms with E-state index in [0.29, 0.717) is 0 Å². The van der Waals surface area contributed by atoms with Crippen molar-refractivity contribution in [3.8, 4) is 28.3 Å². The van der Waals surface area contributed by atoms with Crippen LogP contribution in [-0.2, 0) is 0 Å². The molecule has 7 aromatic carbocycles. The first-order valence-electron chi connectivity index (χ1n) is 18.3. The second kappa shape index (κ2) is 10.5. The number of ether oxygens (including phenoxy) is 1. The lowest BCUT2D eigenvalue weighted by molar-refractivity contribution is 0.288. The molecule has 3 nitrogen and oxygen atoms in total. The van der Waals surface area contributed by atoms with E-state index in [9.17, 15) is 0 Å². The monoisotopic (exact) mass is 664 g/mol. The van der Waals surface area contributed by atoms with Gasteiger partial charge in [-0.2, -0.15) is 0 Å². The molecule has 4 unspecified atom stereocenters. The van der Waals surface area contributed by atoms with Gasteiger partial charge < -0.3 is 9.30 Å². The van der Waals surface area contributed by atoms with Crippen LogP contribution in [0.2, 0.25) is 0 Å². The summed E-state index contributed by atoms with van der Waals surface area (Å²) in [5.41, 5.74) is 11.1. The van der Waals surface area contributed by atoms with Gasteiger partial charge in [0.15, 0.2) is 0 Å². The average Bonchev–Trinajstić information content (AvgIpc) is 3.77. The Morgan fingerprint density at radius 3 is 2.04 bits per heavy atom. The lowest BCUT2D eigenvalue weighted by Crippen LogP contribution is -2.34. The number of hydrogen-bond acceptors (Lipinski definition) is 2. The van der Waals surface area contributed by atoms with Crippen LogP contribution in [0.4, 0.5) is 0 Å². The molecule has 0 fully saturated rings. The maximum Gasteiger partial charge on any atom is 0.142 e. The summed E-state index contributed by atoms with van der Waals surface area (Å²) in [4.78, 5) is 5.13. The fraction of sp³-hybridized carbons (Fsp3) is 0.0816. The smallest absolute Gasteiger partial charge is 0.142 e. The Hall–Kier alpha value is -6.45. The minimum atomic E-state index is 0.0196. The SMILES string of the molecule is C1=CC2C(C=C1c1c3ccccc3c(-c3ccc4c(c3)C3C=c5ccccc5=CC3O4)c3ccccc13)c1ccccc1-c1nc3ccccc3n12. The molecule has 2 aliphatic heterocycles. The summed E-state index contributed by atoms with van der Waals surface area (Å²) < 4.78 is 8.99. The number of rotatable bonds is 2. The van der Waals surface area contributed by atoms with E-state index in [1.165, 1.54) is 76.5 Å². The minimum Gasteiger partial charge on any atom is -0.485 e. The summed E-state index contributed by atoms with van der Waals surface area (Å²) in [7, 11) is 0. The van der Waals surface area contributed by atoms with E-state index in [0.717, 1.165) is 17.1 Å².